The molecule has 1 aromatic carbocycles. The number of aryl methyl sites for hydroxylation is 1. The van der Waals surface area contributed by atoms with Gasteiger partial charge in [0.15, 0.2) is 0 Å². The molecule has 2 heteroatoms. The Morgan fingerprint density at radius 1 is 1.08 bits per heavy atom. The van der Waals surface area contributed by atoms with E-state index in [0.717, 1.165) is 5.52 Å². The molecule has 2 rings (SSSR count). The van der Waals surface area contributed by atoms with Crippen LogP contribution in [0.3, 0.4) is 0 Å². The third-order valence-corrected chi connectivity index (χ3v) is 1.87. The fourth-order valence-electron chi connectivity index (χ4n) is 1.24. The van der Waals surface area contributed by atoms with Crippen molar-refractivity contribution in [3.8, 4) is 0 Å². The maximum absolute atomic E-state index is 4.24. The van der Waals surface area contributed by atoms with E-state index >= 15 is 0 Å². The van der Waals surface area contributed by atoms with Gasteiger partial charge in [-0.2, -0.15) is 13.5 Å². The van der Waals surface area contributed by atoms with E-state index in [-0.39, 0.29) is 13.5 Å². The van der Waals surface area contributed by atoms with Crippen LogP contribution in [0.1, 0.15) is 5.56 Å². The lowest BCUT2D eigenvalue weighted by atomic mass is 10.1. The molecule has 0 atom stereocenters. The van der Waals surface area contributed by atoms with Crippen LogP contribution in [0.5, 0.6) is 0 Å². The average molecular weight is 177 g/mol. The normalized spacial score (nSPS) is 9.42. The third kappa shape index (κ3) is 1.43. The molecule has 2 aromatic rings. The molecule has 0 amide bonds. The van der Waals surface area contributed by atoms with Crippen LogP contribution < -0.4 is 0 Å². The van der Waals surface area contributed by atoms with Crippen LogP contribution in [0.2, 0.25) is 0 Å². The summed E-state index contributed by atoms with van der Waals surface area (Å²) < 4.78 is 0. The van der Waals surface area contributed by atoms with Crippen molar-refractivity contribution in [3.63, 3.8) is 0 Å². The van der Waals surface area contributed by atoms with Crippen LogP contribution in [0, 0.1) is 6.92 Å². The summed E-state index contributed by atoms with van der Waals surface area (Å²) >= 11 is 0. The number of pyridine rings is 1. The molecule has 0 fully saturated rings. The molecule has 0 aliphatic rings. The van der Waals surface area contributed by atoms with E-state index in [2.05, 4.69) is 18.0 Å². The zero-order valence-corrected chi connectivity index (χ0v) is 7.91. The van der Waals surface area contributed by atoms with Crippen molar-refractivity contribution < 1.29 is 0 Å². The van der Waals surface area contributed by atoms with Gasteiger partial charge in [-0.15, -0.1) is 0 Å². The lowest BCUT2D eigenvalue weighted by molar-refractivity contribution is 1.37. The molecule has 0 radical (unpaired) electrons. The van der Waals surface area contributed by atoms with Gasteiger partial charge in [0.2, 0.25) is 0 Å². The maximum Gasteiger partial charge on any atom is 0.0704 e. The van der Waals surface area contributed by atoms with Crippen LogP contribution in [-0.2, 0) is 0 Å². The first kappa shape index (κ1) is 9.07. The minimum absolute atomic E-state index is 0. The van der Waals surface area contributed by atoms with E-state index in [0.29, 0.717) is 0 Å². The van der Waals surface area contributed by atoms with Gasteiger partial charge < -0.3 is 0 Å². The van der Waals surface area contributed by atoms with Crippen molar-refractivity contribution >= 4 is 24.4 Å². The Labute approximate surface area is 78.9 Å². The first-order valence-electron chi connectivity index (χ1n) is 3.68. The lowest BCUT2D eigenvalue weighted by Gasteiger charge is -1.97. The topological polar surface area (TPSA) is 12.9 Å². The Morgan fingerprint density at radius 2 is 1.83 bits per heavy atom. The standard InChI is InChI=1S/C10H9N.H2S/c1-8-6-7-11-10-5-3-2-4-9(8)10;/h2-7H,1H3;1H2. The molecule has 0 N–H and O–H groups in total. The van der Waals surface area contributed by atoms with Gasteiger partial charge in [0.1, 0.15) is 0 Å². The molecule has 0 spiro atoms. The first-order chi connectivity index (χ1) is 5.38. The van der Waals surface area contributed by atoms with E-state index in [1.165, 1.54) is 10.9 Å². The highest BCUT2D eigenvalue weighted by atomic mass is 32.1. The lowest BCUT2D eigenvalue weighted by Crippen LogP contribution is -1.79. The molecule has 62 valence electrons. The van der Waals surface area contributed by atoms with Crippen molar-refractivity contribution in [2.24, 2.45) is 0 Å². The maximum atomic E-state index is 4.24. The number of benzene rings is 1. The Morgan fingerprint density at radius 3 is 2.58 bits per heavy atom. The Bertz CT molecular complexity index is 379. The van der Waals surface area contributed by atoms with Crippen molar-refractivity contribution in [2.75, 3.05) is 0 Å². The van der Waals surface area contributed by atoms with Gasteiger partial charge in [0.25, 0.3) is 0 Å². The van der Waals surface area contributed by atoms with Crippen molar-refractivity contribution in [1.82, 2.24) is 4.98 Å². The molecule has 1 nitrogen and oxygen atoms in total. The average Bonchev–Trinajstić information content (AvgIpc) is 2.06. The van der Waals surface area contributed by atoms with Gasteiger partial charge in [-0.05, 0) is 24.6 Å². The summed E-state index contributed by atoms with van der Waals surface area (Å²) in [6, 6.07) is 10.2. The molecular weight excluding hydrogens is 166 g/mol. The highest BCUT2D eigenvalue weighted by Crippen LogP contribution is 2.13. The number of fused-ring (bicyclic) bond motifs is 1. The molecule has 0 aliphatic heterocycles. The van der Waals surface area contributed by atoms with Crippen LogP contribution in [0.25, 0.3) is 10.9 Å². The number of nitrogens with zero attached hydrogens (tertiary/aromatic N) is 1. The Kier molecular flexibility index (Phi) is 2.71. The number of hydrogen-bond acceptors (Lipinski definition) is 1. The molecule has 0 bridgehead atoms. The van der Waals surface area contributed by atoms with Gasteiger partial charge in [-0.1, -0.05) is 18.2 Å². The molecule has 0 unspecified atom stereocenters. The molecule has 1 heterocycles. The van der Waals surface area contributed by atoms with Crippen molar-refractivity contribution in [1.29, 1.82) is 0 Å². The van der Waals surface area contributed by atoms with Gasteiger partial charge in [0, 0.05) is 11.6 Å². The molecule has 0 saturated carbocycles. The van der Waals surface area contributed by atoms with Crippen LogP contribution >= 0.6 is 13.5 Å². The SMILES string of the molecule is Cc1ccnc2ccccc12.S. The molecule has 0 aliphatic carbocycles. The van der Waals surface area contributed by atoms with E-state index in [1.807, 2.05) is 30.5 Å². The van der Waals surface area contributed by atoms with Crippen LogP contribution in [0.4, 0.5) is 0 Å². The quantitative estimate of drug-likeness (QED) is 0.603. The number of aromatic nitrogens is 1. The van der Waals surface area contributed by atoms with E-state index in [9.17, 15) is 0 Å². The van der Waals surface area contributed by atoms with Gasteiger partial charge in [-0.3, -0.25) is 4.98 Å². The summed E-state index contributed by atoms with van der Waals surface area (Å²) in [4.78, 5) is 4.24. The summed E-state index contributed by atoms with van der Waals surface area (Å²) in [6.45, 7) is 2.10. The van der Waals surface area contributed by atoms with E-state index in [4.69, 9.17) is 0 Å². The van der Waals surface area contributed by atoms with Gasteiger partial charge in [-0.25, -0.2) is 0 Å². The summed E-state index contributed by atoms with van der Waals surface area (Å²) in [5.41, 5.74) is 2.36. The van der Waals surface area contributed by atoms with Gasteiger partial charge in [0.05, 0.1) is 5.52 Å². The third-order valence-electron chi connectivity index (χ3n) is 1.87. The predicted molar refractivity (Wildman–Crippen MR) is 56.9 cm³/mol. The monoisotopic (exact) mass is 177 g/mol. The highest BCUT2D eigenvalue weighted by Gasteiger charge is 1.93. The predicted octanol–water partition coefficient (Wildman–Crippen LogP) is 2.66. The molecule has 12 heavy (non-hydrogen) atoms. The zero-order chi connectivity index (χ0) is 7.68. The smallest absolute Gasteiger partial charge is 0.0704 e. The fraction of sp³-hybridized carbons (Fsp3) is 0.100. The van der Waals surface area contributed by atoms with E-state index < -0.39 is 0 Å². The van der Waals surface area contributed by atoms with Gasteiger partial charge >= 0.3 is 0 Å². The van der Waals surface area contributed by atoms with E-state index in [1.54, 1.807) is 0 Å². The Hall–Kier alpha value is -1.02. The second-order valence-corrected chi connectivity index (χ2v) is 2.64. The second kappa shape index (κ2) is 3.59. The summed E-state index contributed by atoms with van der Waals surface area (Å²) in [6.07, 6.45) is 1.84. The van der Waals surface area contributed by atoms with Crippen molar-refractivity contribution in [3.05, 3.63) is 42.1 Å². The fourth-order valence-corrected chi connectivity index (χ4v) is 1.24. The summed E-state index contributed by atoms with van der Waals surface area (Å²) in [7, 11) is 0. The minimum atomic E-state index is 0. The number of hydrogen-bond donors (Lipinski definition) is 0. The number of rotatable bonds is 0. The molecule has 0 saturated heterocycles. The van der Waals surface area contributed by atoms with Crippen LogP contribution in [-0.4, -0.2) is 4.98 Å². The summed E-state index contributed by atoms with van der Waals surface area (Å²) in [5.74, 6) is 0. The molecule has 1 aromatic heterocycles. The highest BCUT2D eigenvalue weighted by molar-refractivity contribution is 7.59. The second-order valence-electron chi connectivity index (χ2n) is 2.64. The Balaban J connectivity index is 0.000000720. The number of para-hydroxylation sites is 1. The van der Waals surface area contributed by atoms with Crippen molar-refractivity contribution in [2.45, 2.75) is 6.92 Å². The molecular formula is C10H11NS. The summed E-state index contributed by atoms with van der Waals surface area (Å²) in [5, 5.41) is 1.25. The first-order valence-corrected chi connectivity index (χ1v) is 3.68. The largest absolute Gasteiger partial charge is 0.256 e. The zero-order valence-electron chi connectivity index (χ0n) is 6.91. The minimum Gasteiger partial charge on any atom is -0.256 e. The van der Waals surface area contributed by atoms with Crippen LogP contribution in [0.15, 0.2) is 36.5 Å².